The fourth-order valence-corrected chi connectivity index (χ4v) is 2.94. The van der Waals surface area contributed by atoms with Crippen molar-refractivity contribution >= 4 is 29.2 Å². The Balaban J connectivity index is 1.81. The van der Waals surface area contributed by atoms with Crippen molar-refractivity contribution in [2.45, 2.75) is 19.4 Å². The number of rotatable bonds is 4. The van der Waals surface area contributed by atoms with Crippen LogP contribution in [0, 0.1) is 0 Å². The van der Waals surface area contributed by atoms with Crippen LogP contribution < -0.4 is 15.0 Å². The quantitative estimate of drug-likeness (QED) is 0.839. The molecule has 7 heteroatoms. The number of hydrogen-bond acceptors (Lipinski definition) is 5. The van der Waals surface area contributed by atoms with Crippen LogP contribution in [0.4, 0.5) is 11.4 Å². The molecule has 0 unspecified atom stereocenters. The SMILES string of the molecule is COC(=O)c1cccc(OCC(=O)N2c3ccccc3NC(=O)C2(C)C)c1. The van der Waals surface area contributed by atoms with Gasteiger partial charge in [-0.2, -0.15) is 0 Å². The Morgan fingerprint density at radius 2 is 1.85 bits per heavy atom. The Bertz CT molecular complexity index is 907. The summed E-state index contributed by atoms with van der Waals surface area (Å²) in [4.78, 5) is 38.4. The molecule has 0 bridgehead atoms. The highest BCUT2D eigenvalue weighted by Crippen LogP contribution is 2.36. The fraction of sp³-hybridized carbons (Fsp3) is 0.250. The minimum atomic E-state index is -1.07. The standard InChI is InChI=1S/C20H20N2O5/c1-20(2)19(25)21-15-9-4-5-10-16(15)22(20)17(23)12-27-14-8-6-7-13(11-14)18(24)26-3/h4-11H,12H2,1-3H3,(H,21,25). The average molecular weight is 368 g/mol. The van der Waals surface area contributed by atoms with E-state index in [1.807, 2.05) is 0 Å². The van der Waals surface area contributed by atoms with Gasteiger partial charge in [-0.05, 0) is 44.2 Å². The third kappa shape index (κ3) is 3.48. The smallest absolute Gasteiger partial charge is 0.337 e. The zero-order valence-corrected chi connectivity index (χ0v) is 15.3. The van der Waals surface area contributed by atoms with E-state index in [-0.39, 0.29) is 18.4 Å². The van der Waals surface area contributed by atoms with Crippen molar-refractivity contribution in [2.75, 3.05) is 23.9 Å². The Kier molecular flexibility index (Phi) is 4.85. The maximum Gasteiger partial charge on any atom is 0.337 e. The normalized spacial score (nSPS) is 14.8. The van der Waals surface area contributed by atoms with Gasteiger partial charge >= 0.3 is 5.97 Å². The molecule has 2 aromatic rings. The first-order valence-electron chi connectivity index (χ1n) is 8.39. The minimum absolute atomic E-state index is 0.276. The van der Waals surface area contributed by atoms with E-state index in [2.05, 4.69) is 10.1 Å². The summed E-state index contributed by atoms with van der Waals surface area (Å²) in [6.45, 7) is 3.07. The average Bonchev–Trinajstić information content (AvgIpc) is 2.66. The van der Waals surface area contributed by atoms with Gasteiger partial charge in [-0.15, -0.1) is 0 Å². The Morgan fingerprint density at radius 1 is 1.11 bits per heavy atom. The van der Waals surface area contributed by atoms with Gasteiger partial charge in [0, 0.05) is 0 Å². The first-order valence-corrected chi connectivity index (χ1v) is 8.39. The molecule has 1 N–H and O–H groups in total. The molecule has 27 heavy (non-hydrogen) atoms. The van der Waals surface area contributed by atoms with Gasteiger partial charge in [0.05, 0.1) is 24.0 Å². The number of amides is 2. The number of ether oxygens (including phenoxy) is 2. The summed E-state index contributed by atoms with van der Waals surface area (Å²) in [6, 6.07) is 13.5. The molecule has 3 rings (SSSR count). The third-order valence-corrected chi connectivity index (χ3v) is 4.37. The summed E-state index contributed by atoms with van der Waals surface area (Å²) in [5, 5.41) is 2.81. The first kappa shape index (κ1) is 18.4. The number of anilines is 2. The first-order chi connectivity index (χ1) is 12.8. The number of esters is 1. The molecule has 0 saturated carbocycles. The molecule has 1 aliphatic heterocycles. The zero-order chi connectivity index (χ0) is 19.6. The second-order valence-corrected chi connectivity index (χ2v) is 6.57. The van der Waals surface area contributed by atoms with E-state index in [9.17, 15) is 14.4 Å². The van der Waals surface area contributed by atoms with Crippen molar-refractivity contribution in [3.05, 3.63) is 54.1 Å². The summed E-state index contributed by atoms with van der Waals surface area (Å²) < 4.78 is 10.2. The van der Waals surface area contributed by atoms with Gasteiger partial charge in [0.15, 0.2) is 6.61 Å². The molecule has 7 nitrogen and oxygen atoms in total. The lowest BCUT2D eigenvalue weighted by molar-refractivity contribution is -0.127. The number of carbonyl (C=O) groups excluding carboxylic acids is 3. The molecule has 0 saturated heterocycles. The Morgan fingerprint density at radius 3 is 2.59 bits per heavy atom. The molecular weight excluding hydrogens is 348 g/mol. The van der Waals surface area contributed by atoms with Crippen molar-refractivity contribution in [3.63, 3.8) is 0 Å². The lowest BCUT2D eigenvalue weighted by Crippen LogP contribution is -2.59. The minimum Gasteiger partial charge on any atom is -0.484 e. The second kappa shape index (κ2) is 7.11. The number of benzene rings is 2. The van der Waals surface area contributed by atoms with E-state index in [1.54, 1.807) is 56.3 Å². The second-order valence-electron chi connectivity index (χ2n) is 6.57. The van der Waals surface area contributed by atoms with Crippen molar-refractivity contribution in [1.82, 2.24) is 0 Å². The van der Waals surface area contributed by atoms with Crippen LogP contribution in [0.1, 0.15) is 24.2 Å². The van der Waals surface area contributed by atoms with Gasteiger partial charge in [-0.1, -0.05) is 18.2 Å². The predicted octanol–water partition coefficient (Wildman–Crippen LogP) is 2.62. The van der Waals surface area contributed by atoms with E-state index >= 15 is 0 Å². The van der Waals surface area contributed by atoms with Gasteiger partial charge in [0.2, 0.25) is 5.91 Å². The van der Waals surface area contributed by atoms with Crippen molar-refractivity contribution in [3.8, 4) is 5.75 Å². The molecular formula is C20H20N2O5. The summed E-state index contributed by atoms with van der Waals surface area (Å²) in [7, 11) is 1.29. The van der Waals surface area contributed by atoms with E-state index < -0.39 is 11.5 Å². The van der Waals surface area contributed by atoms with Crippen LogP contribution in [0.25, 0.3) is 0 Å². The highest BCUT2D eigenvalue weighted by molar-refractivity contribution is 6.14. The molecule has 0 aliphatic carbocycles. The molecule has 1 aliphatic rings. The number of hydrogen-bond donors (Lipinski definition) is 1. The lowest BCUT2D eigenvalue weighted by atomic mass is 9.96. The van der Waals surface area contributed by atoms with Gasteiger partial charge in [0.1, 0.15) is 11.3 Å². The number of nitrogens with zero attached hydrogens (tertiary/aromatic N) is 1. The fourth-order valence-electron chi connectivity index (χ4n) is 2.94. The van der Waals surface area contributed by atoms with Crippen molar-refractivity contribution in [1.29, 1.82) is 0 Å². The van der Waals surface area contributed by atoms with E-state index in [0.29, 0.717) is 22.7 Å². The largest absolute Gasteiger partial charge is 0.484 e. The van der Waals surface area contributed by atoms with Gasteiger partial charge < -0.3 is 14.8 Å². The van der Waals surface area contributed by atoms with Crippen LogP contribution in [0.2, 0.25) is 0 Å². The van der Waals surface area contributed by atoms with Gasteiger partial charge in [0.25, 0.3) is 5.91 Å². The van der Waals surface area contributed by atoms with E-state index in [1.165, 1.54) is 18.1 Å². The molecule has 0 fully saturated rings. The van der Waals surface area contributed by atoms with Crippen molar-refractivity contribution < 1.29 is 23.9 Å². The number of nitrogens with one attached hydrogen (secondary N) is 1. The van der Waals surface area contributed by atoms with Crippen LogP contribution in [-0.2, 0) is 14.3 Å². The Labute approximate surface area is 156 Å². The van der Waals surface area contributed by atoms with Crippen LogP contribution >= 0.6 is 0 Å². The van der Waals surface area contributed by atoms with Crippen LogP contribution in [0.15, 0.2) is 48.5 Å². The van der Waals surface area contributed by atoms with Crippen molar-refractivity contribution in [2.24, 2.45) is 0 Å². The summed E-state index contributed by atoms with van der Waals surface area (Å²) in [5.74, 6) is -0.777. The topological polar surface area (TPSA) is 84.9 Å². The van der Waals surface area contributed by atoms with E-state index in [0.717, 1.165) is 0 Å². The third-order valence-electron chi connectivity index (χ3n) is 4.37. The molecule has 140 valence electrons. The zero-order valence-electron chi connectivity index (χ0n) is 15.3. The highest BCUT2D eigenvalue weighted by Gasteiger charge is 2.43. The van der Waals surface area contributed by atoms with Crippen LogP contribution in [0.5, 0.6) is 5.75 Å². The molecule has 0 spiro atoms. The lowest BCUT2D eigenvalue weighted by Gasteiger charge is -2.41. The maximum atomic E-state index is 12.9. The molecule has 0 radical (unpaired) electrons. The summed E-state index contributed by atoms with van der Waals surface area (Å²) >= 11 is 0. The molecule has 1 heterocycles. The molecule has 2 aromatic carbocycles. The summed E-state index contributed by atoms with van der Waals surface area (Å²) in [5.41, 5.74) is 0.440. The number of carbonyl (C=O) groups is 3. The summed E-state index contributed by atoms with van der Waals surface area (Å²) in [6.07, 6.45) is 0. The highest BCUT2D eigenvalue weighted by atomic mass is 16.5. The van der Waals surface area contributed by atoms with Gasteiger partial charge in [-0.25, -0.2) is 4.79 Å². The number of methoxy groups -OCH3 is 1. The Hall–Kier alpha value is -3.35. The number of fused-ring (bicyclic) bond motifs is 1. The molecule has 2 amide bonds. The monoisotopic (exact) mass is 368 g/mol. The predicted molar refractivity (Wildman–Crippen MR) is 99.9 cm³/mol. The van der Waals surface area contributed by atoms with Gasteiger partial charge in [-0.3, -0.25) is 14.5 Å². The molecule has 0 atom stereocenters. The van der Waals surface area contributed by atoms with Crippen LogP contribution in [0.3, 0.4) is 0 Å². The maximum absolute atomic E-state index is 12.9. The van der Waals surface area contributed by atoms with Crippen LogP contribution in [-0.4, -0.2) is 37.0 Å². The van der Waals surface area contributed by atoms with E-state index in [4.69, 9.17) is 4.74 Å². The number of para-hydroxylation sites is 2. The molecule has 0 aromatic heterocycles.